The van der Waals surface area contributed by atoms with Crippen LogP contribution in [0.1, 0.15) is 16.8 Å². The number of nitrogens with one attached hydrogen (secondary N) is 2. The Bertz CT molecular complexity index is 864. The first-order valence-corrected chi connectivity index (χ1v) is 9.83. The van der Waals surface area contributed by atoms with E-state index in [0.29, 0.717) is 17.7 Å². The molecule has 0 fully saturated rings. The van der Waals surface area contributed by atoms with E-state index < -0.39 is 18.2 Å². The minimum absolute atomic E-state index is 0.112. The zero-order valence-electron chi connectivity index (χ0n) is 14.9. The van der Waals surface area contributed by atoms with Crippen LogP contribution in [0.5, 0.6) is 11.5 Å². The third-order valence-electron chi connectivity index (χ3n) is 3.94. The van der Waals surface area contributed by atoms with Crippen LogP contribution in [0, 0.1) is 0 Å². The Hall–Kier alpha value is -2.81. The predicted molar refractivity (Wildman–Crippen MR) is 102 cm³/mol. The highest BCUT2D eigenvalue weighted by atomic mass is 32.2. The van der Waals surface area contributed by atoms with Crippen molar-refractivity contribution in [2.24, 2.45) is 0 Å². The number of thioether (sulfide) groups is 1. The standard InChI is InChI=1S/C19H18F2N2O4S/c1-28-10-9-14(23-17(24)12-5-3-2-4-6-12)18(25)22-13-7-8-15-16(11-13)27-19(20,21)26-15/h2-8,11,14H,9-10H2,1H3,(H,22,25)(H,23,24). The molecule has 2 N–H and O–H groups in total. The van der Waals surface area contributed by atoms with Gasteiger partial charge in [0.05, 0.1) is 0 Å². The zero-order valence-corrected chi connectivity index (χ0v) is 15.7. The Morgan fingerprint density at radius 1 is 1.11 bits per heavy atom. The first kappa shape index (κ1) is 19.9. The number of fused-ring (bicyclic) bond motifs is 1. The molecule has 1 heterocycles. The first-order chi connectivity index (χ1) is 13.4. The molecule has 0 radical (unpaired) electrons. The molecular weight excluding hydrogens is 390 g/mol. The normalized spacial score (nSPS) is 15.0. The van der Waals surface area contributed by atoms with Gasteiger partial charge in [-0.15, -0.1) is 8.78 Å². The van der Waals surface area contributed by atoms with Crippen molar-refractivity contribution in [3.8, 4) is 11.5 Å². The molecule has 6 nitrogen and oxygen atoms in total. The van der Waals surface area contributed by atoms with E-state index in [1.807, 2.05) is 6.26 Å². The number of carbonyl (C=O) groups is 2. The molecule has 0 saturated heterocycles. The number of amides is 2. The van der Waals surface area contributed by atoms with Gasteiger partial charge in [0.25, 0.3) is 5.91 Å². The first-order valence-electron chi connectivity index (χ1n) is 8.43. The van der Waals surface area contributed by atoms with E-state index in [4.69, 9.17) is 0 Å². The molecule has 3 rings (SSSR count). The Morgan fingerprint density at radius 2 is 1.82 bits per heavy atom. The molecule has 0 saturated carbocycles. The largest absolute Gasteiger partial charge is 0.586 e. The Balaban J connectivity index is 1.69. The smallest absolute Gasteiger partial charge is 0.395 e. The van der Waals surface area contributed by atoms with E-state index in [9.17, 15) is 18.4 Å². The van der Waals surface area contributed by atoms with Gasteiger partial charge in [-0.25, -0.2) is 0 Å². The monoisotopic (exact) mass is 408 g/mol. The summed E-state index contributed by atoms with van der Waals surface area (Å²) in [5, 5.41) is 5.33. The molecule has 148 valence electrons. The lowest BCUT2D eigenvalue weighted by molar-refractivity contribution is -0.286. The number of carbonyl (C=O) groups excluding carboxylic acids is 2. The maximum atomic E-state index is 13.1. The maximum absolute atomic E-state index is 13.1. The molecule has 1 unspecified atom stereocenters. The van der Waals surface area contributed by atoms with Crippen molar-refractivity contribution in [2.45, 2.75) is 18.8 Å². The van der Waals surface area contributed by atoms with Crippen molar-refractivity contribution < 1.29 is 27.8 Å². The van der Waals surface area contributed by atoms with Gasteiger partial charge in [-0.2, -0.15) is 11.8 Å². The lowest BCUT2D eigenvalue weighted by Crippen LogP contribution is -2.44. The van der Waals surface area contributed by atoms with Gasteiger partial charge in [0.15, 0.2) is 11.5 Å². The molecule has 0 aromatic heterocycles. The summed E-state index contributed by atoms with van der Waals surface area (Å²) in [4.78, 5) is 25.0. The van der Waals surface area contributed by atoms with Crippen LogP contribution in [-0.4, -0.2) is 36.2 Å². The fourth-order valence-electron chi connectivity index (χ4n) is 2.59. The van der Waals surface area contributed by atoms with E-state index in [0.717, 1.165) is 0 Å². The second kappa shape index (κ2) is 8.47. The molecule has 0 spiro atoms. The minimum Gasteiger partial charge on any atom is -0.395 e. The number of alkyl halides is 2. The lowest BCUT2D eigenvalue weighted by atomic mass is 10.1. The average Bonchev–Trinajstić information content (AvgIpc) is 2.98. The third-order valence-corrected chi connectivity index (χ3v) is 4.58. The summed E-state index contributed by atoms with van der Waals surface area (Å²) >= 11 is 1.54. The molecule has 0 bridgehead atoms. The summed E-state index contributed by atoms with van der Waals surface area (Å²) in [6.45, 7) is 0. The SMILES string of the molecule is CSCCC(NC(=O)c1ccccc1)C(=O)Nc1ccc2c(c1)OC(F)(F)O2. The number of anilines is 1. The fourth-order valence-corrected chi connectivity index (χ4v) is 3.06. The molecule has 1 aliphatic heterocycles. The highest BCUT2D eigenvalue weighted by Crippen LogP contribution is 2.42. The quantitative estimate of drug-likeness (QED) is 0.733. The fraction of sp³-hybridized carbons (Fsp3) is 0.263. The van der Waals surface area contributed by atoms with Gasteiger partial charge in [0.1, 0.15) is 6.04 Å². The number of halogens is 2. The van der Waals surface area contributed by atoms with Crippen molar-refractivity contribution in [3.63, 3.8) is 0 Å². The molecule has 0 aliphatic carbocycles. The number of rotatable bonds is 7. The highest BCUT2D eigenvalue weighted by molar-refractivity contribution is 7.98. The summed E-state index contributed by atoms with van der Waals surface area (Å²) in [5.74, 6) is -0.451. The second-order valence-electron chi connectivity index (χ2n) is 5.99. The van der Waals surface area contributed by atoms with E-state index in [-0.39, 0.29) is 23.1 Å². The van der Waals surface area contributed by atoms with Crippen molar-refractivity contribution in [3.05, 3.63) is 54.1 Å². The van der Waals surface area contributed by atoms with Crippen LogP contribution in [-0.2, 0) is 4.79 Å². The summed E-state index contributed by atoms with van der Waals surface area (Å²) in [6.07, 6.45) is -1.42. The maximum Gasteiger partial charge on any atom is 0.586 e. The summed E-state index contributed by atoms with van der Waals surface area (Å²) < 4.78 is 35.0. The van der Waals surface area contributed by atoms with Crippen molar-refractivity contribution >= 4 is 29.3 Å². The van der Waals surface area contributed by atoms with Crippen LogP contribution in [0.3, 0.4) is 0 Å². The van der Waals surface area contributed by atoms with E-state index >= 15 is 0 Å². The predicted octanol–water partition coefficient (Wildman–Crippen LogP) is 3.50. The molecule has 2 aromatic carbocycles. The van der Waals surface area contributed by atoms with Crippen LogP contribution >= 0.6 is 11.8 Å². The third kappa shape index (κ3) is 4.92. The number of hydrogen-bond acceptors (Lipinski definition) is 5. The molecule has 2 amide bonds. The molecule has 2 aromatic rings. The average molecular weight is 408 g/mol. The van der Waals surface area contributed by atoms with Gasteiger partial charge < -0.3 is 20.1 Å². The van der Waals surface area contributed by atoms with Crippen LogP contribution < -0.4 is 20.1 Å². The van der Waals surface area contributed by atoms with Gasteiger partial charge in [0.2, 0.25) is 5.91 Å². The highest BCUT2D eigenvalue weighted by Gasteiger charge is 2.43. The molecular formula is C19H18F2N2O4S. The molecule has 1 aliphatic rings. The summed E-state index contributed by atoms with van der Waals surface area (Å²) in [7, 11) is 0. The second-order valence-corrected chi connectivity index (χ2v) is 6.98. The Labute approximate surface area is 164 Å². The molecule has 9 heteroatoms. The molecule has 28 heavy (non-hydrogen) atoms. The van der Waals surface area contributed by atoms with Crippen LogP contribution in [0.25, 0.3) is 0 Å². The number of hydrogen-bond donors (Lipinski definition) is 2. The van der Waals surface area contributed by atoms with Gasteiger partial charge in [-0.3, -0.25) is 9.59 Å². The zero-order chi connectivity index (χ0) is 20.1. The topological polar surface area (TPSA) is 76.7 Å². The van der Waals surface area contributed by atoms with E-state index in [2.05, 4.69) is 20.1 Å². The van der Waals surface area contributed by atoms with Gasteiger partial charge >= 0.3 is 6.29 Å². The number of ether oxygens (including phenoxy) is 2. The van der Waals surface area contributed by atoms with E-state index in [1.54, 1.807) is 42.1 Å². The Morgan fingerprint density at radius 3 is 2.54 bits per heavy atom. The summed E-state index contributed by atoms with van der Waals surface area (Å²) in [6, 6.07) is 11.7. The van der Waals surface area contributed by atoms with Gasteiger partial charge in [0, 0.05) is 17.3 Å². The van der Waals surface area contributed by atoms with Crippen molar-refractivity contribution in [1.82, 2.24) is 5.32 Å². The van der Waals surface area contributed by atoms with E-state index in [1.165, 1.54) is 18.2 Å². The Kier molecular flexibility index (Phi) is 6.03. The van der Waals surface area contributed by atoms with Crippen LogP contribution in [0.2, 0.25) is 0 Å². The van der Waals surface area contributed by atoms with Gasteiger partial charge in [-0.1, -0.05) is 18.2 Å². The number of benzene rings is 2. The summed E-state index contributed by atoms with van der Waals surface area (Å²) in [5.41, 5.74) is 0.697. The lowest BCUT2D eigenvalue weighted by Gasteiger charge is -2.18. The minimum atomic E-state index is -3.73. The van der Waals surface area contributed by atoms with Crippen LogP contribution in [0.4, 0.5) is 14.5 Å². The van der Waals surface area contributed by atoms with Crippen molar-refractivity contribution in [2.75, 3.05) is 17.3 Å². The van der Waals surface area contributed by atoms with Gasteiger partial charge in [-0.05, 0) is 42.7 Å². The van der Waals surface area contributed by atoms with Crippen molar-refractivity contribution in [1.29, 1.82) is 0 Å². The molecule has 1 atom stereocenters. The van der Waals surface area contributed by atoms with Crippen LogP contribution in [0.15, 0.2) is 48.5 Å².